The minimum absolute atomic E-state index is 0.129. The highest BCUT2D eigenvalue weighted by Crippen LogP contribution is 2.48. The fourth-order valence-corrected chi connectivity index (χ4v) is 3.97. The SMILES string of the molecule is N#CC1CN(c2nccn3cnnc23)CC12C(=O)Nc1ccccc12. The van der Waals surface area contributed by atoms with Crippen molar-refractivity contribution in [3.05, 3.63) is 48.5 Å². The van der Waals surface area contributed by atoms with Crippen LogP contribution in [0.25, 0.3) is 5.65 Å². The Hall–Kier alpha value is -3.47. The third-order valence-electron chi connectivity index (χ3n) is 5.15. The quantitative estimate of drug-likeness (QED) is 0.713. The van der Waals surface area contributed by atoms with E-state index in [9.17, 15) is 10.1 Å². The Labute approximate surface area is 142 Å². The summed E-state index contributed by atoms with van der Waals surface area (Å²) < 4.78 is 1.78. The average Bonchev–Trinajstić information content (AvgIpc) is 3.33. The van der Waals surface area contributed by atoms with Crippen LogP contribution in [0, 0.1) is 17.2 Å². The average molecular weight is 331 g/mol. The third kappa shape index (κ3) is 1.69. The van der Waals surface area contributed by atoms with Crippen LogP contribution in [0.2, 0.25) is 0 Å². The molecule has 5 rings (SSSR count). The number of hydrogen-bond donors (Lipinski definition) is 1. The molecular formula is C17H13N7O. The number of rotatable bonds is 1. The maximum atomic E-state index is 12.9. The minimum Gasteiger partial charge on any atom is -0.351 e. The smallest absolute Gasteiger partial charge is 0.238 e. The molecule has 0 radical (unpaired) electrons. The lowest BCUT2D eigenvalue weighted by molar-refractivity contribution is -0.120. The van der Waals surface area contributed by atoms with Crippen molar-refractivity contribution < 1.29 is 4.79 Å². The lowest BCUT2D eigenvalue weighted by Crippen LogP contribution is -2.42. The van der Waals surface area contributed by atoms with E-state index in [0.717, 1.165) is 11.3 Å². The van der Waals surface area contributed by atoms with E-state index in [2.05, 4.69) is 26.6 Å². The molecule has 0 saturated carbocycles. The van der Waals surface area contributed by atoms with E-state index in [1.54, 1.807) is 23.1 Å². The molecular weight excluding hydrogens is 318 g/mol. The van der Waals surface area contributed by atoms with Gasteiger partial charge in [-0.15, -0.1) is 10.2 Å². The number of nitrogens with zero attached hydrogens (tertiary/aromatic N) is 6. The molecule has 8 heteroatoms. The molecule has 2 atom stereocenters. The molecule has 1 N–H and O–H groups in total. The van der Waals surface area contributed by atoms with Gasteiger partial charge in [-0.25, -0.2) is 4.98 Å². The van der Waals surface area contributed by atoms with E-state index in [1.165, 1.54) is 0 Å². The summed E-state index contributed by atoms with van der Waals surface area (Å²) in [5.41, 5.74) is 1.38. The molecule has 4 heterocycles. The molecule has 1 saturated heterocycles. The van der Waals surface area contributed by atoms with E-state index in [0.29, 0.717) is 24.6 Å². The van der Waals surface area contributed by atoms with E-state index in [4.69, 9.17) is 0 Å². The van der Waals surface area contributed by atoms with Gasteiger partial charge in [-0.05, 0) is 11.6 Å². The number of carbonyl (C=O) groups is 1. The Morgan fingerprint density at radius 3 is 3.12 bits per heavy atom. The van der Waals surface area contributed by atoms with E-state index in [-0.39, 0.29) is 5.91 Å². The van der Waals surface area contributed by atoms with Crippen LogP contribution in [0.4, 0.5) is 11.5 Å². The molecule has 2 unspecified atom stereocenters. The van der Waals surface area contributed by atoms with Crippen molar-refractivity contribution >= 4 is 23.1 Å². The Balaban J connectivity index is 1.66. The van der Waals surface area contributed by atoms with Crippen molar-refractivity contribution in [1.29, 1.82) is 5.26 Å². The second-order valence-corrected chi connectivity index (χ2v) is 6.35. The molecule has 1 amide bonds. The van der Waals surface area contributed by atoms with Gasteiger partial charge in [0.05, 0.1) is 12.0 Å². The van der Waals surface area contributed by atoms with E-state index in [1.807, 2.05) is 29.2 Å². The highest BCUT2D eigenvalue weighted by Gasteiger charge is 2.58. The molecule has 0 aliphatic carbocycles. The first kappa shape index (κ1) is 13.9. The summed E-state index contributed by atoms with van der Waals surface area (Å²) in [5, 5.41) is 20.7. The molecule has 0 bridgehead atoms. The summed E-state index contributed by atoms with van der Waals surface area (Å²) in [6, 6.07) is 9.91. The van der Waals surface area contributed by atoms with Crippen LogP contribution in [-0.2, 0) is 10.2 Å². The van der Waals surface area contributed by atoms with Gasteiger partial charge in [0.25, 0.3) is 0 Å². The normalized spacial score (nSPS) is 24.5. The fourth-order valence-electron chi connectivity index (χ4n) is 3.97. The lowest BCUT2D eigenvalue weighted by atomic mass is 9.74. The lowest BCUT2D eigenvalue weighted by Gasteiger charge is -2.24. The Morgan fingerprint density at radius 2 is 2.24 bits per heavy atom. The second-order valence-electron chi connectivity index (χ2n) is 6.35. The van der Waals surface area contributed by atoms with Crippen LogP contribution >= 0.6 is 0 Å². The van der Waals surface area contributed by atoms with Crippen molar-refractivity contribution in [2.75, 3.05) is 23.3 Å². The number of nitriles is 1. The molecule has 8 nitrogen and oxygen atoms in total. The number of nitrogens with one attached hydrogen (secondary N) is 1. The largest absolute Gasteiger partial charge is 0.351 e. The highest BCUT2D eigenvalue weighted by molar-refractivity contribution is 6.07. The van der Waals surface area contributed by atoms with Gasteiger partial charge in [0.2, 0.25) is 11.6 Å². The van der Waals surface area contributed by atoms with Gasteiger partial charge in [0.1, 0.15) is 11.7 Å². The van der Waals surface area contributed by atoms with Gasteiger partial charge in [-0.1, -0.05) is 18.2 Å². The summed E-state index contributed by atoms with van der Waals surface area (Å²) in [6.07, 6.45) is 5.04. The molecule has 1 aromatic carbocycles. The van der Waals surface area contributed by atoms with E-state index < -0.39 is 11.3 Å². The number of aromatic nitrogens is 4. The first-order valence-corrected chi connectivity index (χ1v) is 7.94. The Kier molecular flexibility index (Phi) is 2.65. The first-order chi connectivity index (χ1) is 12.2. The van der Waals surface area contributed by atoms with Gasteiger partial charge < -0.3 is 10.2 Å². The molecule has 2 aliphatic rings. The molecule has 2 aliphatic heterocycles. The summed E-state index contributed by atoms with van der Waals surface area (Å²) >= 11 is 0. The number of para-hydroxylation sites is 1. The van der Waals surface area contributed by atoms with Crippen LogP contribution in [0.15, 0.2) is 43.0 Å². The first-order valence-electron chi connectivity index (χ1n) is 7.94. The van der Waals surface area contributed by atoms with Crippen LogP contribution in [0.1, 0.15) is 5.56 Å². The third-order valence-corrected chi connectivity index (χ3v) is 5.15. The molecule has 1 spiro atoms. The van der Waals surface area contributed by atoms with Crippen molar-refractivity contribution in [3.63, 3.8) is 0 Å². The van der Waals surface area contributed by atoms with Crippen LogP contribution in [0.3, 0.4) is 0 Å². The maximum absolute atomic E-state index is 12.9. The van der Waals surface area contributed by atoms with Crippen molar-refractivity contribution in [3.8, 4) is 6.07 Å². The molecule has 1 fully saturated rings. The Morgan fingerprint density at radius 1 is 1.36 bits per heavy atom. The summed E-state index contributed by atoms with van der Waals surface area (Å²) in [7, 11) is 0. The number of fused-ring (bicyclic) bond motifs is 3. The Bertz CT molecular complexity index is 1050. The van der Waals surface area contributed by atoms with E-state index >= 15 is 0 Å². The number of benzene rings is 1. The zero-order chi connectivity index (χ0) is 17.0. The zero-order valence-corrected chi connectivity index (χ0v) is 13.1. The number of hydrogen-bond acceptors (Lipinski definition) is 6. The zero-order valence-electron chi connectivity index (χ0n) is 13.1. The predicted molar refractivity (Wildman–Crippen MR) is 88.8 cm³/mol. The summed E-state index contributed by atoms with van der Waals surface area (Å²) in [4.78, 5) is 19.3. The molecule has 3 aromatic rings. The van der Waals surface area contributed by atoms with Crippen molar-refractivity contribution in [1.82, 2.24) is 19.6 Å². The highest BCUT2D eigenvalue weighted by atomic mass is 16.2. The summed E-state index contributed by atoms with van der Waals surface area (Å²) in [6.45, 7) is 0.797. The van der Waals surface area contributed by atoms with Gasteiger partial charge >= 0.3 is 0 Å². The number of anilines is 2. The van der Waals surface area contributed by atoms with Gasteiger partial charge in [0.15, 0.2) is 5.82 Å². The predicted octanol–water partition coefficient (Wildman–Crippen LogP) is 0.974. The monoisotopic (exact) mass is 331 g/mol. The number of amides is 1. The maximum Gasteiger partial charge on any atom is 0.238 e. The van der Waals surface area contributed by atoms with Gasteiger partial charge in [-0.3, -0.25) is 9.20 Å². The van der Waals surface area contributed by atoms with Crippen LogP contribution < -0.4 is 10.2 Å². The standard InChI is InChI=1S/C17H13N7O/c18-7-11-8-24(14-15-22-20-10-23(15)6-5-19-14)9-17(11)12-3-1-2-4-13(12)21-16(17)25/h1-6,10-11H,8-9H2,(H,21,25). The summed E-state index contributed by atoms with van der Waals surface area (Å²) in [5.74, 6) is 0.0339. The number of carbonyl (C=O) groups excluding carboxylic acids is 1. The van der Waals surface area contributed by atoms with Crippen LogP contribution in [0.5, 0.6) is 0 Å². The minimum atomic E-state index is -0.889. The van der Waals surface area contributed by atoms with Crippen molar-refractivity contribution in [2.45, 2.75) is 5.41 Å². The van der Waals surface area contributed by atoms with Crippen molar-refractivity contribution in [2.24, 2.45) is 5.92 Å². The van der Waals surface area contributed by atoms with Crippen LogP contribution in [-0.4, -0.2) is 38.6 Å². The molecule has 2 aromatic heterocycles. The fraction of sp³-hybridized carbons (Fsp3) is 0.235. The topological polar surface area (TPSA) is 99.2 Å². The van der Waals surface area contributed by atoms with Gasteiger partial charge in [0, 0.05) is 31.2 Å². The molecule has 25 heavy (non-hydrogen) atoms. The second kappa shape index (κ2) is 4.77. The van der Waals surface area contributed by atoms with Gasteiger partial charge in [-0.2, -0.15) is 5.26 Å². The molecule has 122 valence electrons.